The molecule has 1 aliphatic heterocycles. The van der Waals surface area contributed by atoms with Crippen molar-refractivity contribution in [2.45, 2.75) is 6.54 Å². The van der Waals surface area contributed by atoms with Gasteiger partial charge >= 0.3 is 0 Å². The third-order valence-corrected chi connectivity index (χ3v) is 3.16. The number of hydrogen-bond donors (Lipinski definition) is 1. The van der Waals surface area contributed by atoms with Crippen LogP contribution in [0.2, 0.25) is 4.47 Å². The molecule has 0 saturated carbocycles. The Hall–Kier alpha value is -0.650. The van der Waals surface area contributed by atoms with Crippen LogP contribution in [0.4, 0.5) is 0 Å². The second kappa shape index (κ2) is 4.25. The number of thiazole rings is 1. The predicted molar refractivity (Wildman–Crippen MR) is 55.4 cm³/mol. The molecule has 1 aromatic heterocycles. The SMILES string of the molecule is O=C1CNCCN1Cc1cnc(Cl)s1. The molecule has 6 heteroatoms. The van der Waals surface area contributed by atoms with Crippen molar-refractivity contribution in [3.05, 3.63) is 15.5 Å². The van der Waals surface area contributed by atoms with Gasteiger partial charge in [0.1, 0.15) is 0 Å². The van der Waals surface area contributed by atoms with Crippen LogP contribution in [0.5, 0.6) is 0 Å². The number of hydrogen-bond acceptors (Lipinski definition) is 4. The number of nitrogens with one attached hydrogen (secondary N) is 1. The fraction of sp³-hybridized carbons (Fsp3) is 0.500. The Bertz CT molecular complexity index is 341. The molecule has 4 nitrogen and oxygen atoms in total. The van der Waals surface area contributed by atoms with Gasteiger partial charge in [-0.1, -0.05) is 11.6 Å². The van der Waals surface area contributed by atoms with Gasteiger partial charge < -0.3 is 10.2 Å². The van der Waals surface area contributed by atoms with Gasteiger partial charge in [0.15, 0.2) is 4.47 Å². The zero-order valence-corrected chi connectivity index (χ0v) is 9.07. The van der Waals surface area contributed by atoms with Gasteiger partial charge in [-0.2, -0.15) is 0 Å². The van der Waals surface area contributed by atoms with Gasteiger partial charge in [-0.15, -0.1) is 11.3 Å². The highest BCUT2D eigenvalue weighted by Crippen LogP contribution is 2.19. The maximum Gasteiger partial charge on any atom is 0.236 e. The molecule has 2 heterocycles. The molecule has 1 fully saturated rings. The number of piperazine rings is 1. The lowest BCUT2D eigenvalue weighted by atomic mass is 10.3. The van der Waals surface area contributed by atoms with Gasteiger partial charge in [0.05, 0.1) is 13.1 Å². The molecule has 1 aliphatic rings. The Balaban J connectivity index is 1.99. The van der Waals surface area contributed by atoms with E-state index in [2.05, 4.69) is 10.3 Å². The molecular weight excluding hydrogens is 222 g/mol. The largest absolute Gasteiger partial charge is 0.335 e. The standard InChI is InChI=1S/C8H10ClN3OS/c9-8-11-3-6(14-8)5-12-2-1-10-4-7(12)13/h3,10H,1-2,4-5H2. The first kappa shape index (κ1) is 9.89. The molecule has 1 N–H and O–H groups in total. The Kier molecular flexibility index (Phi) is 3.00. The average Bonchev–Trinajstić information content (AvgIpc) is 2.56. The summed E-state index contributed by atoms with van der Waals surface area (Å²) >= 11 is 7.13. The zero-order valence-electron chi connectivity index (χ0n) is 7.49. The van der Waals surface area contributed by atoms with Crippen molar-refractivity contribution < 1.29 is 4.79 Å². The third kappa shape index (κ3) is 2.23. The fourth-order valence-corrected chi connectivity index (χ4v) is 2.35. The number of aromatic nitrogens is 1. The number of carbonyl (C=O) groups is 1. The summed E-state index contributed by atoms with van der Waals surface area (Å²) in [5, 5.41) is 3.03. The molecule has 0 atom stereocenters. The van der Waals surface area contributed by atoms with Crippen LogP contribution in [0.1, 0.15) is 4.88 Å². The lowest BCUT2D eigenvalue weighted by molar-refractivity contribution is -0.132. The summed E-state index contributed by atoms with van der Waals surface area (Å²) in [5.41, 5.74) is 0. The van der Waals surface area contributed by atoms with Crippen LogP contribution < -0.4 is 5.32 Å². The number of amides is 1. The van der Waals surface area contributed by atoms with Crippen LogP contribution in [0.3, 0.4) is 0 Å². The highest BCUT2D eigenvalue weighted by molar-refractivity contribution is 7.15. The Morgan fingerprint density at radius 1 is 1.71 bits per heavy atom. The van der Waals surface area contributed by atoms with Crippen molar-refractivity contribution in [2.75, 3.05) is 19.6 Å². The van der Waals surface area contributed by atoms with E-state index in [1.54, 1.807) is 6.20 Å². The molecule has 1 amide bonds. The molecule has 0 unspecified atom stereocenters. The summed E-state index contributed by atoms with van der Waals surface area (Å²) in [6.45, 7) is 2.68. The zero-order chi connectivity index (χ0) is 9.97. The summed E-state index contributed by atoms with van der Waals surface area (Å²) in [5.74, 6) is 0.140. The van der Waals surface area contributed by atoms with Crippen molar-refractivity contribution >= 4 is 28.8 Å². The van der Waals surface area contributed by atoms with Crippen molar-refractivity contribution in [1.82, 2.24) is 15.2 Å². The molecule has 1 saturated heterocycles. The van der Waals surface area contributed by atoms with Crippen LogP contribution in [0, 0.1) is 0 Å². The Morgan fingerprint density at radius 2 is 2.57 bits per heavy atom. The molecule has 0 aliphatic carbocycles. The van der Waals surface area contributed by atoms with Crippen molar-refractivity contribution in [1.29, 1.82) is 0 Å². The Morgan fingerprint density at radius 3 is 3.21 bits per heavy atom. The summed E-state index contributed by atoms with van der Waals surface area (Å²) in [6, 6.07) is 0. The van der Waals surface area contributed by atoms with E-state index in [1.165, 1.54) is 11.3 Å². The second-order valence-corrected chi connectivity index (χ2v) is 4.77. The molecule has 0 radical (unpaired) electrons. The lowest BCUT2D eigenvalue weighted by Crippen LogP contribution is -2.47. The van der Waals surface area contributed by atoms with Crippen LogP contribution in [-0.2, 0) is 11.3 Å². The molecular formula is C8H10ClN3OS. The minimum atomic E-state index is 0.140. The highest BCUT2D eigenvalue weighted by atomic mass is 35.5. The van der Waals surface area contributed by atoms with E-state index in [4.69, 9.17) is 11.6 Å². The maximum atomic E-state index is 11.4. The van der Waals surface area contributed by atoms with E-state index in [1.807, 2.05) is 4.90 Å². The molecule has 1 aromatic rings. The van der Waals surface area contributed by atoms with Gasteiger partial charge in [0, 0.05) is 24.2 Å². The van der Waals surface area contributed by atoms with E-state index in [-0.39, 0.29) is 5.91 Å². The van der Waals surface area contributed by atoms with E-state index in [0.717, 1.165) is 18.0 Å². The van der Waals surface area contributed by atoms with E-state index in [0.29, 0.717) is 17.6 Å². The minimum absolute atomic E-state index is 0.140. The molecule has 0 spiro atoms. The normalized spacial score (nSPS) is 17.5. The molecule has 0 aromatic carbocycles. The Labute approximate surface area is 90.9 Å². The molecule has 14 heavy (non-hydrogen) atoms. The number of rotatable bonds is 2. The number of halogens is 1. The molecule has 76 valence electrons. The summed E-state index contributed by atoms with van der Waals surface area (Å²) < 4.78 is 0.530. The smallest absolute Gasteiger partial charge is 0.236 e. The number of carbonyl (C=O) groups excluding carboxylic acids is 1. The van der Waals surface area contributed by atoms with E-state index >= 15 is 0 Å². The van der Waals surface area contributed by atoms with E-state index < -0.39 is 0 Å². The van der Waals surface area contributed by atoms with Crippen molar-refractivity contribution in [3.8, 4) is 0 Å². The van der Waals surface area contributed by atoms with Gasteiger partial charge in [-0.05, 0) is 0 Å². The average molecular weight is 232 g/mol. The topological polar surface area (TPSA) is 45.2 Å². The van der Waals surface area contributed by atoms with Crippen molar-refractivity contribution in [2.24, 2.45) is 0 Å². The lowest BCUT2D eigenvalue weighted by Gasteiger charge is -2.26. The van der Waals surface area contributed by atoms with E-state index in [9.17, 15) is 4.79 Å². The minimum Gasteiger partial charge on any atom is -0.335 e. The first-order valence-corrected chi connectivity index (χ1v) is 5.54. The summed E-state index contributed by atoms with van der Waals surface area (Å²) in [7, 11) is 0. The van der Waals surface area contributed by atoms with Gasteiger partial charge in [-0.25, -0.2) is 4.98 Å². The van der Waals surface area contributed by atoms with Crippen LogP contribution in [-0.4, -0.2) is 35.4 Å². The van der Waals surface area contributed by atoms with Crippen molar-refractivity contribution in [3.63, 3.8) is 0 Å². The molecule has 2 rings (SSSR count). The molecule has 0 bridgehead atoms. The third-order valence-electron chi connectivity index (χ3n) is 2.06. The summed E-state index contributed by atoms with van der Waals surface area (Å²) in [4.78, 5) is 18.2. The second-order valence-electron chi connectivity index (χ2n) is 3.07. The van der Waals surface area contributed by atoms with Crippen LogP contribution >= 0.6 is 22.9 Å². The van der Waals surface area contributed by atoms with Crippen LogP contribution in [0.25, 0.3) is 0 Å². The number of nitrogens with zero attached hydrogens (tertiary/aromatic N) is 2. The summed E-state index contributed by atoms with van der Waals surface area (Å²) in [6.07, 6.45) is 1.72. The predicted octanol–water partition coefficient (Wildman–Crippen LogP) is 0.728. The quantitative estimate of drug-likeness (QED) is 0.816. The van der Waals surface area contributed by atoms with Gasteiger partial charge in [0.25, 0.3) is 0 Å². The highest BCUT2D eigenvalue weighted by Gasteiger charge is 2.18. The first-order valence-electron chi connectivity index (χ1n) is 4.34. The first-order chi connectivity index (χ1) is 6.75. The van der Waals surface area contributed by atoms with Gasteiger partial charge in [0.2, 0.25) is 5.91 Å². The van der Waals surface area contributed by atoms with Crippen LogP contribution in [0.15, 0.2) is 6.20 Å². The monoisotopic (exact) mass is 231 g/mol. The fourth-order valence-electron chi connectivity index (χ4n) is 1.36. The van der Waals surface area contributed by atoms with Gasteiger partial charge in [-0.3, -0.25) is 4.79 Å². The maximum absolute atomic E-state index is 11.4.